The van der Waals surface area contributed by atoms with Crippen LogP contribution in [0.5, 0.6) is 0 Å². The van der Waals surface area contributed by atoms with Crippen LogP contribution in [0.1, 0.15) is 28.5 Å². The first-order chi connectivity index (χ1) is 15.2. The second-order valence-electron chi connectivity index (χ2n) is 7.24. The highest BCUT2D eigenvalue weighted by Gasteiger charge is 2.37. The molecular weight excluding hydrogens is 419 g/mol. The van der Waals surface area contributed by atoms with Gasteiger partial charge < -0.3 is 16.0 Å². The van der Waals surface area contributed by atoms with Gasteiger partial charge in [-0.25, -0.2) is 9.97 Å². The molecule has 0 spiro atoms. The number of piperazine rings is 1. The summed E-state index contributed by atoms with van der Waals surface area (Å²) in [5.41, 5.74) is 4.62. The van der Waals surface area contributed by atoms with Crippen molar-refractivity contribution in [1.82, 2.24) is 15.3 Å². The molecule has 3 rings (SSSR count). The number of nitrogens with one attached hydrogen (secondary N) is 1. The number of nitrogens with two attached hydrogens (primary N) is 1. The zero-order chi connectivity index (χ0) is 23.3. The number of hydrogen-bond donors (Lipinski definition) is 2. The van der Waals surface area contributed by atoms with Crippen LogP contribution in [0.4, 0.5) is 24.8 Å². The smallest absolute Gasteiger partial charge is 0.383 e. The Hall–Kier alpha value is -3.46. The third kappa shape index (κ3) is 5.23. The maximum Gasteiger partial charge on any atom is 0.418 e. The van der Waals surface area contributed by atoms with Crippen LogP contribution in [-0.4, -0.2) is 41.4 Å². The molecule has 0 radical (unpaired) electrons. The summed E-state index contributed by atoms with van der Waals surface area (Å²) in [6, 6.07) is 4.84. The molecule has 1 fully saturated rings. The first-order valence-corrected chi connectivity index (χ1v) is 10.0. The van der Waals surface area contributed by atoms with Gasteiger partial charge in [0.1, 0.15) is 17.3 Å². The lowest BCUT2D eigenvalue weighted by molar-refractivity contribution is -0.138. The van der Waals surface area contributed by atoms with Crippen LogP contribution in [-0.2, 0) is 6.18 Å². The van der Waals surface area contributed by atoms with Crippen LogP contribution >= 0.6 is 0 Å². The van der Waals surface area contributed by atoms with Crippen LogP contribution in [0.2, 0.25) is 0 Å². The van der Waals surface area contributed by atoms with Crippen LogP contribution in [0.25, 0.3) is 0 Å². The molecule has 1 saturated heterocycles. The Morgan fingerprint density at radius 3 is 2.78 bits per heavy atom. The van der Waals surface area contributed by atoms with E-state index in [-0.39, 0.29) is 23.2 Å². The van der Waals surface area contributed by atoms with Crippen LogP contribution < -0.4 is 16.0 Å². The van der Waals surface area contributed by atoms with Crippen molar-refractivity contribution >= 4 is 17.4 Å². The molecule has 3 N–H and O–H groups in total. The number of aromatic nitrogens is 2. The van der Waals surface area contributed by atoms with E-state index in [1.807, 2.05) is 36.1 Å². The van der Waals surface area contributed by atoms with E-state index in [1.54, 1.807) is 0 Å². The molecule has 1 atom stereocenters. The summed E-state index contributed by atoms with van der Waals surface area (Å²) in [4.78, 5) is 22.7. The fourth-order valence-corrected chi connectivity index (χ4v) is 3.38. The lowest BCUT2D eigenvalue weighted by Gasteiger charge is -2.35. The number of halogens is 3. The molecule has 2 aromatic rings. The topological polar surface area (TPSA) is 84.1 Å². The third-order valence-corrected chi connectivity index (χ3v) is 5.05. The largest absolute Gasteiger partial charge is 0.418 e. The van der Waals surface area contributed by atoms with E-state index in [0.717, 1.165) is 11.6 Å². The number of pyridine rings is 2. The van der Waals surface area contributed by atoms with Gasteiger partial charge in [0.25, 0.3) is 0 Å². The van der Waals surface area contributed by atoms with Gasteiger partial charge in [-0.1, -0.05) is 30.9 Å². The number of allylic oxidation sites excluding steroid dienone is 3. The molecule has 1 aliphatic heterocycles. The van der Waals surface area contributed by atoms with Crippen molar-refractivity contribution in [3.05, 3.63) is 83.7 Å². The number of alkyl halides is 3. The van der Waals surface area contributed by atoms with Crippen LogP contribution in [0.15, 0.2) is 66.9 Å². The van der Waals surface area contributed by atoms with Crippen molar-refractivity contribution < 1.29 is 18.0 Å². The molecule has 0 amide bonds. The molecule has 0 bridgehead atoms. The molecular formula is C23H24F3N5O. The first kappa shape index (κ1) is 23.2. The van der Waals surface area contributed by atoms with Crippen molar-refractivity contribution in [1.29, 1.82) is 0 Å². The Morgan fingerprint density at radius 2 is 2.09 bits per heavy atom. The van der Waals surface area contributed by atoms with Gasteiger partial charge in [0, 0.05) is 31.9 Å². The van der Waals surface area contributed by atoms with Crippen LogP contribution in [0, 0.1) is 0 Å². The van der Waals surface area contributed by atoms with Gasteiger partial charge in [0.15, 0.2) is 0 Å². The number of ketones is 1. The SMILES string of the molecule is C=C(/C=C\C=C/C)[C@H]1CN(c2ccc(C(F)(F)F)c(C(=O)c3cccnc3N)n2)CCN1. The summed E-state index contributed by atoms with van der Waals surface area (Å²) in [5.74, 6) is -0.792. The minimum absolute atomic E-state index is 0.109. The quantitative estimate of drug-likeness (QED) is 0.522. The van der Waals surface area contributed by atoms with Gasteiger partial charge in [-0.2, -0.15) is 13.2 Å². The zero-order valence-electron chi connectivity index (χ0n) is 17.6. The number of carbonyl (C=O) groups is 1. The molecule has 0 aliphatic carbocycles. The van der Waals surface area contributed by atoms with Crippen molar-refractivity contribution in [2.45, 2.75) is 19.1 Å². The lowest BCUT2D eigenvalue weighted by Crippen LogP contribution is -2.51. The van der Waals surface area contributed by atoms with E-state index >= 15 is 0 Å². The highest BCUT2D eigenvalue weighted by atomic mass is 19.4. The average molecular weight is 443 g/mol. The second-order valence-corrected chi connectivity index (χ2v) is 7.24. The van der Waals surface area contributed by atoms with Crippen molar-refractivity contribution in [2.24, 2.45) is 0 Å². The predicted octanol–water partition coefficient (Wildman–Crippen LogP) is 3.78. The maximum absolute atomic E-state index is 13.6. The van der Waals surface area contributed by atoms with E-state index in [2.05, 4.69) is 21.9 Å². The third-order valence-electron chi connectivity index (χ3n) is 5.05. The van der Waals surface area contributed by atoms with E-state index < -0.39 is 23.2 Å². The number of nitrogens with zero attached hydrogens (tertiary/aromatic N) is 3. The molecule has 3 heterocycles. The minimum Gasteiger partial charge on any atom is -0.383 e. The highest BCUT2D eigenvalue weighted by Crippen LogP contribution is 2.34. The number of hydrogen-bond acceptors (Lipinski definition) is 6. The zero-order valence-corrected chi connectivity index (χ0v) is 17.6. The van der Waals surface area contributed by atoms with Gasteiger partial charge in [-0.15, -0.1) is 0 Å². The second kappa shape index (κ2) is 9.78. The van der Waals surface area contributed by atoms with E-state index in [4.69, 9.17) is 5.73 Å². The fourth-order valence-electron chi connectivity index (χ4n) is 3.38. The molecule has 168 valence electrons. The predicted molar refractivity (Wildman–Crippen MR) is 118 cm³/mol. The Balaban J connectivity index is 1.94. The molecule has 2 aromatic heterocycles. The summed E-state index contributed by atoms with van der Waals surface area (Å²) in [5, 5.41) is 3.34. The number of carbonyl (C=O) groups excluding carboxylic acids is 1. The average Bonchev–Trinajstić information content (AvgIpc) is 2.78. The Kier molecular flexibility index (Phi) is 7.09. The Morgan fingerprint density at radius 1 is 1.31 bits per heavy atom. The number of anilines is 2. The van der Waals surface area contributed by atoms with Crippen molar-refractivity contribution in [3.63, 3.8) is 0 Å². The number of nitrogen functional groups attached to an aromatic ring is 1. The molecule has 0 aromatic carbocycles. The van der Waals surface area contributed by atoms with Crippen molar-refractivity contribution in [3.8, 4) is 0 Å². The maximum atomic E-state index is 13.6. The summed E-state index contributed by atoms with van der Waals surface area (Å²) in [7, 11) is 0. The summed E-state index contributed by atoms with van der Waals surface area (Å²) >= 11 is 0. The first-order valence-electron chi connectivity index (χ1n) is 10.0. The van der Waals surface area contributed by atoms with E-state index in [0.29, 0.717) is 19.6 Å². The van der Waals surface area contributed by atoms with Gasteiger partial charge >= 0.3 is 6.18 Å². The van der Waals surface area contributed by atoms with Crippen LogP contribution in [0.3, 0.4) is 0 Å². The van der Waals surface area contributed by atoms with Gasteiger partial charge in [0.05, 0.1) is 11.1 Å². The standard InChI is InChI=1S/C23H24F3N5O/c1-3-4-5-7-15(2)18-14-31(13-12-28-18)19-10-9-17(23(24,25)26)20(30-19)21(32)16-8-6-11-29-22(16)27/h3-11,18,28H,2,12-14H2,1H3,(H2,27,29)/b4-3-,7-5-/t18-/m1/s1. The Bertz CT molecular complexity index is 1060. The Labute approximate surface area is 184 Å². The van der Waals surface area contributed by atoms with Gasteiger partial charge in [0.2, 0.25) is 5.78 Å². The van der Waals surface area contributed by atoms with Gasteiger partial charge in [-0.3, -0.25) is 4.79 Å². The molecule has 32 heavy (non-hydrogen) atoms. The number of rotatable bonds is 6. The van der Waals surface area contributed by atoms with Crippen molar-refractivity contribution in [2.75, 3.05) is 30.3 Å². The van der Waals surface area contributed by atoms with E-state index in [9.17, 15) is 18.0 Å². The minimum atomic E-state index is -4.74. The highest BCUT2D eigenvalue weighted by molar-refractivity contribution is 6.11. The summed E-state index contributed by atoms with van der Waals surface area (Å²) in [6.07, 6.45) is 4.13. The molecule has 6 nitrogen and oxygen atoms in total. The molecule has 0 saturated carbocycles. The summed E-state index contributed by atoms with van der Waals surface area (Å²) < 4.78 is 40.9. The lowest BCUT2D eigenvalue weighted by atomic mass is 10.0. The fraction of sp³-hybridized carbons (Fsp3) is 0.261. The molecule has 0 unspecified atom stereocenters. The normalized spacial score (nSPS) is 17.2. The summed E-state index contributed by atoms with van der Waals surface area (Å²) in [6.45, 7) is 7.52. The van der Waals surface area contributed by atoms with Gasteiger partial charge in [-0.05, 0) is 36.8 Å². The van der Waals surface area contributed by atoms with E-state index in [1.165, 1.54) is 24.4 Å². The monoisotopic (exact) mass is 443 g/mol. The molecule has 9 heteroatoms. The molecule has 1 aliphatic rings.